The van der Waals surface area contributed by atoms with Crippen LogP contribution in [0.15, 0.2) is 70.7 Å². The molecular weight excluding hydrogens is 520 g/mol. The molecule has 0 aliphatic carbocycles. The summed E-state index contributed by atoms with van der Waals surface area (Å²) in [6, 6.07) is 19.7. The van der Waals surface area contributed by atoms with Gasteiger partial charge in [0.25, 0.3) is 5.91 Å². The third kappa shape index (κ3) is 6.53. The van der Waals surface area contributed by atoms with Gasteiger partial charge in [0.05, 0.1) is 18.2 Å². The molecule has 174 valence electrons. The van der Waals surface area contributed by atoms with Crippen molar-refractivity contribution in [2.24, 2.45) is 0 Å². The Morgan fingerprint density at radius 1 is 1.15 bits per heavy atom. The maximum absolute atomic E-state index is 12.7. The fraction of sp³-hybridized carbons (Fsp3) is 0.154. The Morgan fingerprint density at radius 3 is 2.53 bits per heavy atom. The molecule has 0 aliphatic rings. The van der Waals surface area contributed by atoms with Crippen LogP contribution < -0.4 is 19.5 Å². The van der Waals surface area contributed by atoms with Gasteiger partial charge in [0.2, 0.25) is 0 Å². The van der Waals surface area contributed by atoms with E-state index < -0.39 is 5.91 Å². The normalized spacial score (nSPS) is 10.9. The molecule has 6 nitrogen and oxygen atoms in total. The molecule has 1 N–H and O–H groups in total. The van der Waals surface area contributed by atoms with E-state index in [4.69, 9.17) is 25.8 Å². The Bertz CT molecular complexity index is 1240. The van der Waals surface area contributed by atoms with Gasteiger partial charge in [0.15, 0.2) is 11.5 Å². The minimum absolute atomic E-state index is 0.0582. The topological polar surface area (TPSA) is 80.6 Å². The van der Waals surface area contributed by atoms with E-state index in [0.717, 1.165) is 5.56 Å². The summed E-state index contributed by atoms with van der Waals surface area (Å²) in [5.74, 6) is 1.14. The van der Waals surface area contributed by atoms with Crippen LogP contribution in [0.25, 0.3) is 6.08 Å². The monoisotopic (exact) mass is 540 g/mol. The number of rotatable bonds is 9. The molecule has 3 aromatic carbocycles. The smallest absolute Gasteiger partial charge is 0.266 e. The molecule has 3 aromatic rings. The maximum Gasteiger partial charge on any atom is 0.266 e. The SMILES string of the molecule is CCOc1c(Br)cc(/C=C(\C#N)C(=O)Nc2ccc(OCc3ccccc3Cl)cc2)cc1OC. The lowest BCUT2D eigenvalue weighted by Gasteiger charge is -2.12. The number of carbonyl (C=O) groups is 1. The summed E-state index contributed by atoms with van der Waals surface area (Å²) >= 11 is 9.59. The van der Waals surface area contributed by atoms with Crippen LogP contribution in [0.4, 0.5) is 5.69 Å². The molecule has 1 amide bonds. The molecular formula is C26H22BrClN2O4. The van der Waals surface area contributed by atoms with E-state index in [9.17, 15) is 10.1 Å². The fourth-order valence-electron chi connectivity index (χ4n) is 3.03. The number of anilines is 1. The number of methoxy groups -OCH3 is 1. The van der Waals surface area contributed by atoms with E-state index in [1.165, 1.54) is 13.2 Å². The number of halogens is 2. The summed E-state index contributed by atoms with van der Waals surface area (Å²) in [6.07, 6.45) is 1.49. The summed E-state index contributed by atoms with van der Waals surface area (Å²) in [5.41, 5.74) is 1.96. The van der Waals surface area contributed by atoms with Crippen molar-refractivity contribution >= 4 is 45.2 Å². The zero-order chi connectivity index (χ0) is 24.5. The highest BCUT2D eigenvalue weighted by molar-refractivity contribution is 9.10. The number of nitriles is 1. The zero-order valence-corrected chi connectivity index (χ0v) is 20.9. The summed E-state index contributed by atoms with van der Waals surface area (Å²) < 4.78 is 17.4. The third-order valence-electron chi connectivity index (χ3n) is 4.68. The van der Waals surface area contributed by atoms with Crippen molar-refractivity contribution in [2.75, 3.05) is 19.0 Å². The molecule has 0 aliphatic heterocycles. The van der Waals surface area contributed by atoms with E-state index in [1.54, 1.807) is 42.5 Å². The molecule has 0 spiro atoms. The van der Waals surface area contributed by atoms with Crippen LogP contribution in [0.2, 0.25) is 5.02 Å². The second kappa shape index (κ2) is 12.1. The highest BCUT2D eigenvalue weighted by Crippen LogP contribution is 2.37. The molecule has 0 saturated heterocycles. The Hall–Kier alpha value is -3.47. The molecule has 0 unspecified atom stereocenters. The maximum atomic E-state index is 12.7. The van der Waals surface area contributed by atoms with Crippen molar-refractivity contribution in [1.29, 1.82) is 5.26 Å². The van der Waals surface area contributed by atoms with Crippen LogP contribution in [-0.2, 0) is 11.4 Å². The zero-order valence-electron chi connectivity index (χ0n) is 18.6. The minimum atomic E-state index is -0.531. The summed E-state index contributed by atoms with van der Waals surface area (Å²) in [7, 11) is 1.53. The molecule has 0 radical (unpaired) electrons. The number of hydrogen-bond donors (Lipinski definition) is 1. The Kier molecular flexibility index (Phi) is 8.97. The molecule has 0 saturated carbocycles. The van der Waals surface area contributed by atoms with Crippen LogP contribution in [0, 0.1) is 11.3 Å². The number of carbonyl (C=O) groups excluding carboxylic acids is 1. The fourth-order valence-corrected chi connectivity index (χ4v) is 3.80. The van der Waals surface area contributed by atoms with Gasteiger partial charge in [0, 0.05) is 16.3 Å². The van der Waals surface area contributed by atoms with Gasteiger partial charge < -0.3 is 19.5 Å². The van der Waals surface area contributed by atoms with Gasteiger partial charge in [0.1, 0.15) is 24.0 Å². The number of ether oxygens (including phenoxy) is 3. The van der Waals surface area contributed by atoms with E-state index in [1.807, 2.05) is 31.2 Å². The summed E-state index contributed by atoms with van der Waals surface area (Å²) in [5, 5.41) is 12.9. The lowest BCUT2D eigenvalue weighted by molar-refractivity contribution is -0.112. The molecule has 0 fully saturated rings. The standard InChI is InChI=1S/C26H22BrClN2O4/c1-3-33-25-22(27)13-17(14-24(25)32-2)12-19(15-29)26(31)30-20-8-10-21(11-9-20)34-16-18-6-4-5-7-23(18)28/h4-14H,3,16H2,1-2H3,(H,30,31)/b19-12+. The summed E-state index contributed by atoms with van der Waals surface area (Å²) in [6.45, 7) is 2.67. The van der Waals surface area contributed by atoms with E-state index in [-0.39, 0.29) is 5.57 Å². The number of hydrogen-bond acceptors (Lipinski definition) is 5. The van der Waals surface area contributed by atoms with Crippen LogP contribution in [0.3, 0.4) is 0 Å². The number of nitrogens with zero attached hydrogens (tertiary/aromatic N) is 1. The number of amides is 1. The average molecular weight is 542 g/mol. The van der Waals surface area contributed by atoms with Crippen LogP contribution in [0.5, 0.6) is 17.2 Å². The Labute approximate surface area is 211 Å². The van der Waals surface area contributed by atoms with Gasteiger partial charge >= 0.3 is 0 Å². The largest absolute Gasteiger partial charge is 0.493 e. The number of nitrogens with one attached hydrogen (secondary N) is 1. The highest BCUT2D eigenvalue weighted by Gasteiger charge is 2.14. The predicted octanol–water partition coefficient (Wildman–Crippen LogP) is 6.63. The predicted molar refractivity (Wildman–Crippen MR) is 136 cm³/mol. The van der Waals surface area contributed by atoms with Crippen LogP contribution in [0.1, 0.15) is 18.1 Å². The van der Waals surface area contributed by atoms with Crippen LogP contribution in [-0.4, -0.2) is 19.6 Å². The van der Waals surface area contributed by atoms with Gasteiger partial charge in [-0.2, -0.15) is 5.26 Å². The van der Waals surface area contributed by atoms with Crippen molar-refractivity contribution in [1.82, 2.24) is 0 Å². The third-order valence-corrected chi connectivity index (χ3v) is 5.64. The Morgan fingerprint density at radius 2 is 1.88 bits per heavy atom. The first-order valence-electron chi connectivity index (χ1n) is 10.3. The molecule has 3 rings (SSSR count). The highest BCUT2D eigenvalue weighted by atomic mass is 79.9. The second-order valence-corrected chi connectivity index (χ2v) is 8.26. The number of benzene rings is 3. The van der Waals surface area contributed by atoms with Crippen molar-refractivity contribution in [3.05, 3.63) is 86.9 Å². The van der Waals surface area contributed by atoms with Gasteiger partial charge in [-0.3, -0.25) is 4.79 Å². The van der Waals surface area contributed by atoms with E-state index in [2.05, 4.69) is 21.2 Å². The van der Waals surface area contributed by atoms with Crippen molar-refractivity contribution in [2.45, 2.75) is 13.5 Å². The van der Waals surface area contributed by atoms with Gasteiger partial charge in [-0.1, -0.05) is 29.8 Å². The average Bonchev–Trinajstić information content (AvgIpc) is 2.84. The van der Waals surface area contributed by atoms with Crippen molar-refractivity contribution in [3.8, 4) is 23.3 Å². The first-order chi connectivity index (χ1) is 16.4. The van der Waals surface area contributed by atoms with Gasteiger partial charge in [-0.05, 0) is 77.0 Å². The van der Waals surface area contributed by atoms with Crippen molar-refractivity contribution in [3.63, 3.8) is 0 Å². The molecule has 0 aromatic heterocycles. The lowest BCUT2D eigenvalue weighted by atomic mass is 10.1. The van der Waals surface area contributed by atoms with Crippen molar-refractivity contribution < 1.29 is 19.0 Å². The van der Waals surface area contributed by atoms with Gasteiger partial charge in [-0.15, -0.1) is 0 Å². The van der Waals surface area contributed by atoms with Gasteiger partial charge in [-0.25, -0.2) is 0 Å². The van der Waals surface area contributed by atoms with Crippen LogP contribution >= 0.6 is 27.5 Å². The first-order valence-corrected chi connectivity index (χ1v) is 11.5. The molecule has 0 atom stereocenters. The first kappa shape index (κ1) is 25.2. The molecule has 34 heavy (non-hydrogen) atoms. The summed E-state index contributed by atoms with van der Waals surface area (Å²) in [4.78, 5) is 12.7. The van der Waals surface area contributed by atoms with E-state index >= 15 is 0 Å². The molecule has 0 heterocycles. The second-order valence-electron chi connectivity index (χ2n) is 7.00. The lowest BCUT2D eigenvalue weighted by Crippen LogP contribution is -2.13. The molecule has 8 heteroatoms. The minimum Gasteiger partial charge on any atom is -0.493 e. The van der Waals surface area contributed by atoms with E-state index in [0.29, 0.717) is 51.2 Å². The quantitative estimate of drug-likeness (QED) is 0.243. The molecule has 0 bridgehead atoms. The Balaban J connectivity index is 1.69.